The average molecular weight is 849 g/mol. The molecule has 0 aromatic rings. The second-order valence-corrected chi connectivity index (χ2v) is 16.3. The number of carbonyl (C=O) groups excluding carboxylic acids is 3. The van der Waals surface area contributed by atoms with E-state index in [-0.39, 0.29) is 31.1 Å². The minimum absolute atomic E-state index is 0.0882. The number of rotatable bonds is 44. The van der Waals surface area contributed by atoms with E-state index in [2.05, 4.69) is 106 Å². The Hall–Kier alpha value is -3.41. The van der Waals surface area contributed by atoms with Gasteiger partial charge >= 0.3 is 17.9 Å². The van der Waals surface area contributed by atoms with Crippen molar-refractivity contribution in [3.8, 4) is 0 Å². The monoisotopic (exact) mass is 849 g/mol. The Kier molecular flexibility index (Phi) is 46.5. The Morgan fingerprint density at radius 1 is 0.344 bits per heavy atom. The molecule has 6 heteroatoms. The van der Waals surface area contributed by atoms with Crippen LogP contribution in [-0.4, -0.2) is 37.2 Å². The van der Waals surface area contributed by atoms with Gasteiger partial charge in [-0.2, -0.15) is 0 Å². The van der Waals surface area contributed by atoms with Crippen molar-refractivity contribution in [1.82, 2.24) is 0 Å². The highest BCUT2D eigenvalue weighted by molar-refractivity contribution is 5.71. The third-order valence-electron chi connectivity index (χ3n) is 10.4. The van der Waals surface area contributed by atoms with Gasteiger partial charge in [-0.1, -0.05) is 202 Å². The number of esters is 3. The van der Waals surface area contributed by atoms with Crippen molar-refractivity contribution in [1.29, 1.82) is 0 Å². The molecular weight excluding hydrogens is 757 g/mol. The van der Waals surface area contributed by atoms with Crippen LogP contribution in [0.1, 0.15) is 226 Å². The van der Waals surface area contributed by atoms with E-state index in [1.807, 2.05) is 0 Å². The summed E-state index contributed by atoms with van der Waals surface area (Å²) in [5.74, 6) is -0.928. The third kappa shape index (κ3) is 47.5. The van der Waals surface area contributed by atoms with Crippen LogP contribution in [0.3, 0.4) is 0 Å². The summed E-state index contributed by atoms with van der Waals surface area (Å²) in [6.07, 6.45) is 62.8. The second-order valence-electron chi connectivity index (χ2n) is 16.3. The molecule has 348 valence electrons. The van der Waals surface area contributed by atoms with Crippen LogP contribution in [0, 0.1) is 0 Å². The van der Waals surface area contributed by atoms with E-state index in [1.54, 1.807) is 0 Å². The number of ether oxygens (including phenoxy) is 3. The quantitative estimate of drug-likeness (QED) is 0.0263. The van der Waals surface area contributed by atoms with Crippen LogP contribution in [0.4, 0.5) is 0 Å². The number of hydrogen-bond donors (Lipinski definition) is 0. The predicted molar refractivity (Wildman–Crippen MR) is 261 cm³/mol. The highest BCUT2D eigenvalue weighted by atomic mass is 16.6. The first-order valence-corrected chi connectivity index (χ1v) is 25.1. The van der Waals surface area contributed by atoms with Gasteiger partial charge in [0, 0.05) is 19.3 Å². The van der Waals surface area contributed by atoms with Gasteiger partial charge in [-0.3, -0.25) is 14.4 Å². The number of carbonyl (C=O) groups is 3. The largest absolute Gasteiger partial charge is 0.462 e. The first-order chi connectivity index (χ1) is 30.0. The molecule has 0 aliphatic rings. The fourth-order valence-electron chi connectivity index (χ4n) is 6.62. The molecule has 0 fully saturated rings. The van der Waals surface area contributed by atoms with Gasteiger partial charge in [-0.25, -0.2) is 0 Å². The smallest absolute Gasteiger partial charge is 0.306 e. The first kappa shape index (κ1) is 57.6. The normalized spacial score (nSPS) is 12.8. The molecule has 0 bridgehead atoms. The zero-order valence-corrected chi connectivity index (χ0v) is 39.7. The average Bonchev–Trinajstić information content (AvgIpc) is 3.26. The molecule has 0 saturated carbocycles. The topological polar surface area (TPSA) is 78.9 Å². The van der Waals surface area contributed by atoms with E-state index >= 15 is 0 Å². The van der Waals surface area contributed by atoms with Gasteiger partial charge in [0.15, 0.2) is 6.10 Å². The van der Waals surface area contributed by atoms with Gasteiger partial charge in [0.2, 0.25) is 0 Å². The molecule has 0 amide bonds. The molecule has 0 radical (unpaired) electrons. The molecule has 0 saturated heterocycles. The zero-order valence-electron chi connectivity index (χ0n) is 39.7. The van der Waals surface area contributed by atoms with Crippen molar-refractivity contribution in [3.63, 3.8) is 0 Å². The summed E-state index contributed by atoms with van der Waals surface area (Å²) in [6, 6.07) is 0. The van der Waals surface area contributed by atoms with Gasteiger partial charge in [-0.05, 0) is 89.9 Å². The van der Waals surface area contributed by atoms with Crippen LogP contribution >= 0.6 is 0 Å². The van der Waals surface area contributed by atoms with Crippen molar-refractivity contribution in [2.45, 2.75) is 232 Å². The van der Waals surface area contributed by atoms with Crippen LogP contribution in [0.5, 0.6) is 0 Å². The molecule has 1 atom stereocenters. The van der Waals surface area contributed by atoms with Crippen LogP contribution in [-0.2, 0) is 28.6 Å². The lowest BCUT2D eigenvalue weighted by Gasteiger charge is -2.18. The van der Waals surface area contributed by atoms with Gasteiger partial charge in [-0.15, -0.1) is 0 Å². The maximum atomic E-state index is 12.7. The van der Waals surface area contributed by atoms with E-state index in [4.69, 9.17) is 14.2 Å². The van der Waals surface area contributed by atoms with Crippen molar-refractivity contribution in [2.75, 3.05) is 13.2 Å². The Labute approximate surface area is 375 Å². The third-order valence-corrected chi connectivity index (χ3v) is 10.4. The minimum Gasteiger partial charge on any atom is -0.462 e. The summed E-state index contributed by atoms with van der Waals surface area (Å²) in [5.41, 5.74) is 0. The Morgan fingerprint density at radius 2 is 0.672 bits per heavy atom. The van der Waals surface area contributed by atoms with Gasteiger partial charge in [0.05, 0.1) is 0 Å². The molecule has 0 N–H and O–H groups in total. The molecule has 0 aromatic carbocycles. The minimum atomic E-state index is -0.789. The first-order valence-electron chi connectivity index (χ1n) is 25.1. The number of unbranched alkanes of at least 4 members (excludes halogenated alkanes) is 19. The van der Waals surface area contributed by atoms with Crippen LogP contribution in [0.2, 0.25) is 0 Å². The van der Waals surface area contributed by atoms with Gasteiger partial charge in [0.25, 0.3) is 0 Å². The van der Waals surface area contributed by atoms with Gasteiger partial charge in [0.1, 0.15) is 13.2 Å². The Morgan fingerprint density at radius 3 is 1.07 bits per heavy atom. The molecule has 0 aliphatic heterocycles. The molecule has 1 unspecified atom stereocenters. The molecule has 0 aliphatic carbocycles. The van der Waals surface area contributed by atoms with Crippen molar-refractivity contribution >= 4 is 17.9 Å². The summed E-state index contributed by atoms with van der Waals surface area (Å²) in [7, 11) is 0. The van der Waals surface area contributed by atoms with Crippen LogP contribution < -0.4 is 0 Å². The molecular formula is C55H92O6. The second kappa shape index (κ2) is 49.2. The Balaban J connectivity index is 4.36. The predicted octanol–water partition coefficient (Wildman–Crippen LogP) is 16.4. The molecule has 0 rings (SSSR count). The van der Waals surface area contributed by atoms with Crippen LogP contribution in [0.25, 0.3) is 0 Å². The number of allylic oxidation sites excluding steroid dienone is 14. The summed E-state index contributed by atoms with van der Waals surface area (Å²) in [6.45, 7) is 6.40. The highest BCUT2D eigenvalue weighted by Gasteiger charge is 2.19. The maximum absolute atomic E-state index is 12.7. The standard InChI is InChI=1S/C55H92O6/c1-4-7-10-13-16-19-21-23-24-25-26-27-28-29-30-32-33-36-39-42-45-48-54(57)60-51-52(50-59-53(56)47-44-41-38-35-18-15-12-9-6-3)61-55(58)49-46-43-40-37-34-31-22-20-17-14-11-8-5-2/h7,10-11,14,16,19-20,22-24,26-27,29-30,52H,4-6,8-9,12-13,15,17-18,21,25,28,31-51H2,1-3H3/b10-7-,14-11-,19-16-,22-20-,24-23-,27-26-,30-29-. The van der Waals surface area contributed by atoms with Crippen molar-refractivity contribution < 1.29 is 28.6 Å². The fourth-order valence-corrected chi connectivity index (χ4v) is 6.62. The molecule has 0 spiro atoms. The lowest BCUT2D eigenvalue weighted by Crippen LogP contribution is -2.30. The van der Waals surface area contributed by atoms with Crippen molar-refractivity contribution in [3.05, 3.63) is 85.1 Å². The van der Waals surface area contributed by atoms with Crippen molar-refractivity contribution in [2.24, 2.45) is 0 Å². The Bertz CT molecular complexity index is 1200. The van der Waals surface area contributed by atoms with Gasteiger partial charge < -0.3 is 14.2 Å². The maximum Gasteiger partial charge on any atom is 0.306 e. The van der Waals surface area contributed by atoms with E-state index in [0.717, 1.165) is 141 Å². The fraction of sp³-hybridized carbons (Fsp3) is 0.691. The summed E-state index contributed by atoms with van der Waals surface area (Å²) < 4.78 is 16.7. The van der Waals surface area contributed by atoms with E-state index in [0.29, 0.717) is 19.3 Å². The van der Waals surface area contributed by atoms with E-state index in [1.165, 1.54) is 44.9 Å². The van der Waals surface area contributed by atoms with E-state index in [9.17, 15) is 14.4 Å². The molecule has 0 heterocycles. The lowest BCUT2D eigenvalue weighted by molar-refractivity contribution is -0.167. The summed E-state index contributed by atoms with van der Waals surface area (Å²) in [4.78, 5) is 37.8. The number of hydrogen-bond acceptors (Lipinski definition) is 6. The zero-order chi connectivity index (χ0) is 44.4. The van der Waals surface area contributed by atoms with E-state index < -0.39 is 6.10 Å². The molecule has 61 heavy (non-hydrogen) atoms. The molecule has 0 aromatic heterocycles. The molecule has 6 nitrogen and oxygen atoms in total. The highest BCUT2D eigenvalue weighted by Crippen LogP contribution is 2.13. The summed E-state index contributed by atoms with van der Waals surface area (Å²) >= 11 is 0. The summed E-state index contributed by atoms with van der Waals surface area (Å²) in [5, 5.41) is 0. The van der Waals surface area contributed by atoms with Crippen LogP contribution in [0.15, 0.2) is 85.1 Å². The SMILES string of the molecule is CC/C=C\C/C=C\C/C=C\C/C=C\C/C=C\CCCCCCCC(=O)OCC(COC(=O)CCCCCCCCCCC)OC(=O)CCCCCCC/C=C\C/C=C\CCC. The lowest BCUT2D eigenvalue weighted by atomic mass is 10.1.